The third kappa shape index (κ3) is 5.92. The summed E-state index contributed by atoms with van der Waals surface area (Å²) in [5.41, 5.74) is 4.52. The molecule has 0 saturated carbocycles. The van der Waals surface area contributed by atoms with Crippen molar-refractivity contribution in [2.24, 2.45) is 5.92 Å². The van der Waals surface area contributed by atoms with Crippen LogP contribution in [0.15, 0.2) is 42.5 Å². The first-order valence-electron chi connectivity index (χ1n) is 8.85. The molecule has 2 aromatic rings. The minimum atomic E-state index is -0.100. The van der Waals surface area contributed by atoms with Gasteiger partial charge < -0.3 is 16.0 Å². The van der Waals surface area contributed by atoms with Gasteiger partial charge in [-0.15, -0.1) is 0 Å². The number of carbonyl (C=O) groups excluding carboxylic acids is 2. The highest BCUT2D eigenvalue weighted by Gasteiger charge is 2.08. The van der Waals surface area contributed by atoms with Crippen molar-refractivity contribution in [2.45, 2.75) is 34.1 Å². The van der Waals surface area contributed by atoms with Crippen LogP contribution in [0, 0.1) is 19.8 Å². The lowest BCUT2D eigenvalue weighted by Gasteiger charge is -2.13. The van der Waals surface area contributed by atoms with Gasteiger partial charge in [-0.3, -0.25) is 9.59 Å². The molecule has 5 nitrogen and oxygen atoms in total. The SMILES string of the molecule is Cc1cccc(C)c1NC(=O)CNc1ccc(NC(=O)CC(C)C)cc1. The third-order valence-electron chi connectivity index (χ3n) is 3.96. The third-order valence-corrected chi connectivity index (χ3v) is 3.96. The molecule has 0 unspecified atom stereocenters. The molecule has 0 aromatic heterocycles. The van der Waals surface area contributed by atoms with E-state index in [0.717, 1.165) is 28.2 Å². The predicted molar refractivity (Wildman–Crippen MR) is 108 cm³/mol. The second kappa shape index (κ2) is 9.04. The quantitative estimate of drug-likeness (QED) is 0.693. The van der Waals surface area contributed by atoms with E-state index in [2.05, 4.69) is 16.0 Å². The molecule has 0 saturated heterocycles. The molecular weight excluding hydrogens is 326 g/mol. The number of hydrogen-bond acceptors (Lipinski definition) is 3. The Kier molecular flexibility index (Phi) is 6.78. The van der Waals surface area contributed by atoms with Crippen LogP contribution in [0.1, 0.15) is 31.4 Å². The molecule has 0 atom stereocenters. The van der Waals surface area contributed by atoms with Crippen LogP contribution in [0.25, 0.3) is 0 Å². The molecule has 0 aliphatic rings. The predicted octanol–water partition coefficient (Wildman–Crippen LogP) is 4.34. The highest BCUT2D eigenvalue weighted by Crippen LogP contribution is 2.19. The van der Waals surface area contributed by atoms with E-state index < -0.39 is 0 Å². The van der Waals surface area contributed by atoms with Crippen LogP contribution in [0.5, 0.6) is 0 Å². The average molecular weight is 353 g/mol. The molecule has 138 valence electrons. The highest BCUT2D eigenvalue weighted by molar-refractivity contribution is 5.95. The van der Waals surface area contributed by atoms with E-state index in [1.165, 1.54) is 0 Å². The molecule has 3 N–H and O–H groups in total. The molecule has 0 aliphatic heterocycles. The van der Waals surface area contributed by atoms with Crippen LogP contribution in [0.2, 0.25) is 0 Å². The number of rotatable bonds is 7. The van der Waals surface area contributed by atoms with Crippen LogP contribution in [-0.2, 0) is 9.59 Å². The fraction of sp³-hybridized carbons (Fsp3) is 0.333. The zero-order chi connectivity index (χ0) is 19.1. The van der Waals surface area contributed by atoms with Crippen molar-refractivity contribution < 1.29 is 9.59 Å². The summed E-state index contributed by atoms with van der Waals surface area (Å²) in [6, 6.07) is 13.3. The Hall–Kier alpha value is -2.82. The smallest absolute Gasteiger partial charge is 0.243 e. The topological polar surface area (TPSA) is 70.2 Å². The molecule has 2 aromatic carbocycles. The summed E-state index contributed by atoms with van der Waals surface area (Å²) < 4.78 is 0. The van der Waals surface area contributed by atoms with Gasteiger partial charge in [0, 0.05) is 23.5 Å². The number of hydrogen-bond donors (Lipinski definition) is 3. The summed E-state index contributed by atoms with van der Waals surface area (Å²) in [7, 11) is 0. The van der Waals surface area contributed by atoms with Gasteiger partial charge in [-0.05, 0) is 55.2 Å². The van der Waals surface area contributed by atoms with E-state index in [1.807, 2.05) is 70.2 Å². The highest BCUT2D eigenvalue weighted by atomic mass is 16.2. The molecule has 5 heteroatoms. The largest absolute Gasteiger partial charge is 0.376 e. The maximum Gasteiger partial charge on any atom is 0.243 e. The first-order chi connectivity index (χ1) is 12.3. The number of aryl methyl sites for hydroxylation is 2. The number of benzene rings is 2. The van der Waals surface area contributed by atoms with Crippen molar-refractivity contribution in [1.82, 2.24) is 0 Å². The maximum atomic E-state index is 12.2. The van der Waals surface area contributed by atoms with Crippen molar-refractivity contribution >= 4 is 28.9 Å². The minimum absolute atomic E-state index is 0.00804. The Bertz CT molecular complexity index is 747. The second-order valence-electron chi connectivity index (χ2n) is 6.89. The van der Waals surface area contributed by atoms with Crippen LogP contribution in [-0.4, -0.2) is 18.4 Å². The van der Waals surface area contributed by atoms with Gasteiger partial charge in [0.15, 0.2) is 0 Å². The van der Waals surface area contributed by atoms with E-state index in [1.54, 1.807) is 0 Å². The first kappa shape index (κ1) is 19.5. The lowest BCUT2D eigenvalue weighted by Crippen LogP contribution is -2.22. The molecule has 0 radical (unpaired) electrons. The second-order valence-corrected chi connectivity index (χ2v) is 6.89. The Morgan fingerprint density at radius 3 is 2.00 bits per heavy atom. The van der Waals surface area contributed by atoms with Gasteiger partial charge in [-0.25, -0.2) is 0 Å². The first-order valence-corrected chi connectivity index (χ1v) is 8.85. The lowest BCUT2D eigenvalue weighted by atomic mass is 10.1. The molecule has 2 amide bonds. The number of amides is 2. The van der Waals surface area contributed by atoms with E-state index in [-0.39, 0.29) is 18.4 Å². The van der Waals surface area contributed by atoms with Crippen LogP contribution < -0.4 is 16.0 Å². The van der Waals surface area contributed by atoms with Crippen molar-refractivity contribution in [2.75, 3.05) is 22.5 Å². The van der Waals surface area contributed by atoms with Crippen LogP contribution >= 0.6 is 0 Å². The summed E-state index contributed by atoms with van der Waals surface area (Å²) in [5, 5.41) is 8.90. The summed E-state index contributed by atoms with van der Waals surface area (Å²) >= 11 is 0. The number of anilines is 3. The van der Waals surface area contributed by atoms with Gasteiger partial charge >= 0.3 is 0 Å². The van der Waals surface area contributed by atoms with E-state index >= 15 is 0 Å². The monoisotopic (exact) mass is 353 g/mol. The molecule has 26 heavy (non-hydrogen) atoms. The van der Waals surface area contributed by atoms with Crippen molar-refractivity contribution in [3.05, 3.63) is 53.6 Å². The van der Waals surface area contributed by atoms with Gasteiger partial charge in [0.05, 0.1) is 6.54 Å². The van der Waals surface area contributed by atoms with Gasteiger partial charge in [0.2, 0.25) is 11.8 Å². The van der Waals surface area contributed by atoms with Gasteiger partial charge in [-0.2, -0.15) is 0 Å². The van der Waals surface area contributed by atoms with E-state index in [9.17, 15) is 9.59 Å². The maximum absolute atomic E-state index is 12.2. The average Bonchev–Trinajstić information content (AvgIpc) is 2.57. The number of carbonyl (C=O) groups is 2. The van der Waals surface area contributed by atoms with Crippen molar-refractivity contribution in [3.8, 4) is 0 Å². The molecule has 2 rings (SSSR count). The van der Waals surface area contributed by atoms with E-state index in [4.69, 9.17) is 0 Å². The van der Waals surface area contributed by atoms with Crippen molar-refractivity contribution in [3.63, 3.8) is 0 Å². The number of para-hydroxylation sites is 1. The minimum Gasteiger partial charge on any atom is -0.376 e. The molecule has 0 fully saturated rings. The van der Waals surface area contributed by atoms with Gasteiger partial charge in [0.25, 0.3) is 0 Å². The van der Waals surface area contributed by atoms with E-state index in [0.29, 0.717) is 12.3 Å². The fourth-order valence-electron chi connectivity index (χ4n) is 2.63. The summed E-state index contributed by atoms with van der Waals surface area (Å²) in [5.74, 6) is 0.233. The molecule has 0 heterocycles. The summed E-state index contributed by atoms with van der Waals surface area (Å²) in [6.45, 7) is 8.14. The standard InChI is InChI=1S/C21H27N3O2/c1-14(2)12-19(25)23-18-10-8-17(9-11-18)22-13-20(26)24-21-15(3)6-5-7-16(21)4/h5-11,14,22H,12-13H2,1-4H3,(H,23,25)(H,24,26). The van der Waals surface area contributed by atoms with Gasteiger partial charge in [-0.1, -0.05) is 32.0 Å². The number of nitrogens with one attached hydrogen (secondary N) is 3. The Balaban J connectivity index is 1.85. The van der Waals surface area contributed by atoms with Crippen LogP contribution in [0.3, 0.4) is 0 Å². The molecule has 0 bridgehead atoms. The fourth-order valence-corrected chi connectivity index (χ4v) is 2.63. The normalized spacial score (nSPS) is 10.5. The lowest BCUT2D eigenvalue weighted by molar-refractivity contribution is -0.117. The summed E-state index contributed by atoms with van der Waals surface area (Å²) in [6.07, 6.45) is 0.499. The van der Waals surface area contributed by atoms with Gasteiger partial charge in [0.1, 0.15) is 0 Å². The Labute approximate surface area is 155 Å². The van der Waals surface area contributed by atoms with Crippen LogP contribution in [0.4, 0.5) is 17.1 Å². The molecular formula is C21H27N3O2. The Morgan fingerprint density at radius 1 is 0.846 bits per heavy atom. The summed E-state index contributed by atoms with van der Waals surface area (Å²) in [4.78, 5) is 23.9. The van der Waals surface area contributed by atoms with Crippen molar-refractivity contribution in [1.29, 1.82) is 0 Å². The molecule has 0 spiro atoms. The molecule has 0 aliphatic carbocycles. The zero-order valence-corrected chi connectivity index (χ0v) is 15.8. The zero-order valence-electron chi connectivity index (χ0n) is 15.8. The Morgan fingerprint density at radius 2 is 1.42 bits per heavy atom.